The van der Waals surface area contributed by atoms with Gasteiger partial charge in [0, 0.05) is 0 Å². The molecule has 25 heavy (non-hydrogen) atoms. The Morgan fingerprint density at radius 3 is 2.12 bits per heavy atom. The van der Waals surface area contributed by atoms with Gasteiger partial charge < -0.3 is 9.84 Å². The molecule has 3 aromatic carbocycles. The lowest BCUT2D eigenvalue weighted by Crippen LogP contribution is -2.03. The van der Waals surface area contributed by atoms with Crippen LogP contribution in [0.4, 0.5) is 0 Å². The van der Waals surface area contributed by atoms with Gasteiger partial charge in [-0.25, -0.2) is 8.42 Å². The molecular weight excluding hydrogens is 336 g/mol. The van der Waals surface area contributed by atoms with Crippen molar-refractivity contribution in [3.05, 3.63) is 83.9 Å². The Morgan fingerprint density at radius 2 is 1.48 bits per heavy atom. The molecule has 0 bridgehead atoms. The number of para-hydroxylation sites is 1. The van der Waals surface area contributed by atoms with Crippen LogP contribution in [0.1, 0.15) is 11.1 Å². The molecule has 0 aliphatic heterocycles. The van der Waals surface area contributed by atoms with Gasteiger partial charge in [-0.3, -0.25) is 0 Å². The summed E-state index contributed by atoms with van der Waals surface area (Å²) in [5, 5.41) is 10.1. The van der Waals surface area contributed by atoms with Crippen molar-refractivity contribution < 1.29 is 18.3 Å². The molecule has 0 amide bonds. The lowest BCUT2D eigenvalue weighted by Gasteiger charge is -2.10. The average Bonchev–Trinajstić information content (AvgIpc) is 2.63. The normalized spacial score (nSPS) is 11.2. The molecule has 3 aromatic rings. The fourth-order valence-corrected chi connectivity index (χ4v) is 3.99. The van der Waals surface area contributed by atoms with Gasteiger partial charge in [-0.1, -0.05) is 48.5 Å². The van der Waals surface area contributed by atoms with E-state index in [-0.39, 0.29) is 21.3 Å². The van der Waals surface area contributed by atoms with Gasteiger partial charge in [0.05, 0.1) is 12.0 Å². The van der Waals surface area contributed by atoms with Crippen molar-refractivity contribution in [1.29, 1.82) is 0 Å². The summed E-state index contributed by atoms with van der Waals surface area (Å²) in [5.41, 5.74) is 2.17. The van der Waals surface area contributed by atoms with Gasteiger partial charge >= 0.3 is 0 Å². The number of benzene rings is 3. The monoisotopic (exact) mass is 354 g/mol. The Bertz CT molecular complexity index is 962. The first kappa shape index (κ1) is 17.0. The zero-order valence-corrected chi connectivity index (χ0v) is 14.5. The molecule has 0 unspecified atom stereocenters. The number of phenols is 1. The first-order chi connectivity index (χ1) is 12.0. The molecule has 128 valence electrons. The van der Waals surface area contributed by atoms with Crippen LogP contribution in [0.5, 0.6) is 11.5 Å². The summed E-state index contributed by atoms with van der Waals surface area (Å²) in [5.74, 6) is -0.250. The van der Waals surface area contributed by atoms with Crippen LogP contribution in [-0.2, 0) is 16.3 Å². The maximum atomic E-state index is 12.8. The van der Waals surface area contributed by atoms with E-state index < -0.39 is 9.84 Å². The predicted octanol–water partition coefficient (Wildman–Crippen LogP) is 3.82. The maximum absolute atomic E-state index is 12.8. The molecule has 0 aliphatic rings. The number of methoxy groups -OCH3 is 1. The quantitative estimate of drug-likeness (QED) is 0.756. The molecule has 5 heteroatoms. The lowest BCUT2D eigenvalue weighted by atomic mass is 10.1. The number of hydrogen-bond donors (Lipinski definition) is 1. The zero-order valence-electron chi connectivity index (χ0n) is 13.7. The molecule has 0 atom stereocenters. The molecule has 0 fully saturated rings. The van der Waals surface area contributed by atoms with Crippen molar-refractivity contribution in [2.75, 3.05) is 7.11 Å². The highest BCUT2D eigenvalue weighted by Crippen LogP contribution is 2.35. The van der Waals surface area contributed by atoms with Crippen LogP contribution < -0.4 is 4.74 Å². The van der Waals surface area contributed by atoms with Crippen molar-refractivity contribution in [3.8, 4) is 11.5 Å². The van der Waals surface area contributed by atoms with E-state index in [1.165, 1.54) is 25.3 Å². The van der Waals surface area contributed by atoms with E-state index in [9.17, 15) is 13.5 Å². The van der Waals surface area contributed by atoms with E-state index in [1.807, 2.05) is 30.3 Å². The third kappa shape index (κ3) is 3.51. The molecule has 0 saturated carbocycles. The maximum Gasteiger partial charge on any atom is 0.210 e. The Balaban J connectivity index is 1.91. The highest BCUT2D eigenvalue weighted by Gasteiger charge is 2.23. The van der Waals surface area contributed by atoms with E-state index in [0.717, 1.165) is 17.5 Å². The van der Waals surface area contributed by atoms with Crippen LogP contribution >= 0.6 is 0 Å². The molecular formula is C20H18O4S. The smallest absolute Gasteiger partial charge is 0.210 e. The second-order valence-electron chi connectivity index (χ2n) is 5.62. The highest BCUT2D eigenvalue weighted by atomic mass is 32.2. The number of ether oxygens (including phenoxy) is 1. The van der Waals surface area contributed by atoms with Crippen molar-refractivity contribution in [2.45, 2.75) is 16.2 Å². The average molecular weight is 354 g/mol. The molecule has 3 rings (SSSR count). The summed E-state index contributed by atoms with van der Waals surface area (Å²) in [4.78, 5) is -0.0319. The first-order valence-electron chi connectivity index (χ1n) is 7.76. The SMILES string of the molecule is COc1cccc(S(=O)(=O)c2ccc(Cc3ccccc3)cc2)c1O. The summed E-state index contributed by atoms with van der Waals surface area (Å²) in [6.45, 7) is 0. The third-order valence-corrected chi connectivity index (χ3v) is 5.76. The van der Waals surface area contributed by atoms with Crippen LogP contribution in [0.3, 0.4) is 0 Å². The standard InChI is InChI=1S/C20H18O4S/c1-24-18-8-5-9-19(20(18)21)25(22,23)17-12-10-16(11-13-17)14-15-6-3-2-4-7-15/h2-13,21H,14H2,1H3. The minimum atomic E-state index is -3.82. The lowest BCUT2D eigenvalue weighted by molar-refractivity contribution is 0.366. The molecule has 0 aliphatic carbocycles. The van der Waals surface area contributed by atoms with E-state index >= 15 is 0 Å². The minimum Gasteiger partial charge on any atom is -0.503 e. The van der Waals surface area contributed by atoms with Gasteiger partial charge in [-0.2, -0.15) is 0 Å². The van der Waals surface area contributed by atoms with Gasteiger partial charge in [0.1, 0.15) is 4.90 Å². The second-order valence-corrected chi connectivity index (χ2v) is 7.53. The fourth-order valence-electron chi connectivity index (χ4n) is 2.63. The molecule has 4 nitrogen and oxygen atoms in total. The van der Waals surface area contributed by atoms with Gasteiger partial charge in [0.2, 0.25) is 9.84 Å². The van der Waals surface area contributed by atoms with Crippen LogP contribution in [0.15, 0.2) is 82.6 Å². The Morgan fingerprint density at radius 1 is 0.840 bits per heavy atom. The highest BCUT2D eigenvalue weighted by molar-refractivity contribution is 7.91. The Hall–Kier alpha value is -2.79. The second kappa shape index (κ2) is 6.99. The molecule has 0 spiro atoms. The van der Waals surface area contributed by atoms with Gasteiger partial charge in [-0.15, -0.1) is 0 Å². The number of sulfone groups is 1. The van der Waals surface area contributed by atoms with Gasteiger partial charge in [0.15, 0.2) is 11.5 Å². The summed E-state index contributed by atoms with van der Waals surface area (Å²) in [7, 11) is -2.44. The zero-order chi connectivity index (χ0) is 17.9. The summed E-state index contributed by atoms with van der Waals surface area (Å²) >= 11 is 0. The summed E-state index contributed by atoms with van der Waals surface area (Å²) in [6.07, 6.45) is 0.728. The van der Waals surface area contributed by atoms with Gasteiger partial charge in [-0.05, 0) is 41.8 Å². The number of hydrogen-bond acceptors (Lipinski definition) is 4. The largest absolute Gasteiger partial charge is 0.503 e. The van der Waals surface area contributed by atoms with Crippen LogP contribution in [0.2, 0.25) is 0 Å². The predicted molar refractivity (Wildman–Crippen MR) is 95.8 cm³/mol. The molecule has 0 radical (unpaired) electrons. The minimum absolute atomic E-state index is 0.127. The topological polar surface area (TPSA) is 63.6 Å². The Kier molecular flexibility index (Phi) is 4.76. The van der Waals surface area contributed by atoms with Crippen LogP contribution in [0.25, 0.3) is 0 Å². The molecule has 0 saturated heterocycles. The molecule has 0 aromatic heterocycles. The van der Waals surface area contributed by atoms with Crippen molar-refractivity contribution in [1.82, 2.24) is 0 Å². The fraction of sp³-hybridized carbons (Fsp3) is 0.100. The van der Waals surface area contributed by atoms with Crippen LogP contribution in [-0.4, -0.2) is 20.6 Å². The number of phenolic OH excluding ortho intramolecular Hbond substituents is 1. The van der Waals surface area contributed by atoms with Crippen molar-refractivity contribution in [2.24, 2.45) is 0 Å². The van der Waals surface area contributed by atoms with E-state index in [2.05, 4.69) is 0 Å². The van der Waals surface area contributed by atoms with Crippen molar-refractivity contribution >= 4 is 9.84 Å². The van der Waals surface area contributed by atoms with Gasteiger partial charge in [0.25, 0.3) is 0 Å². The Labute approximate surface area is 147 Å². The summed E-state index contributed by atoms with van der Waals surface area (Å²) in [6, 6.07) is 21.1. The first-order valence-corrected chi connectivity index (χ1v) is 9.24. The molecule has 0 heterocycles. The van der Waals surface area contributed by atoms with E-state index in [1.54, 1.807) is 24.3 Å². The number of rotatable bonds is 5. The van der Waals surface area contributed by atoms with E-state index in [0.29, 0.717) is 0 Å². The number of aromatic hydroxyl groups is 1. The summed E-state index contributed by atoms with van der Waals surface area (Å²) < 4.78 is 30.5. The third-order valence-electron chi connectivity index (χ3n) is 3.96. The van der Waals surface area contributed by atoms with Crippen LogP contribution in [0, 0.1) is 0 Å². The molecule has 1 N–H and O–H groups in total. The van der Waals surface area contributed by atoms with E-state index in [4.69, 9.17) is 4.74 Å². The van der Waals surface area contributed by atoms with Crippen molar-refractivity contribution in [3.63, 3.8) is 0 Å².